The molecule has 2 fully saturated rings. The second-order valence-electron chi connectivity index (χ2n) is 5.55. The summed E-state index contributed by atoms with van der Waals surface area (Å²) >= 11 is 1.51. The molecule has 1 atom stereocenters. The fourth-order valence-electron chi connectivity index (χ4n) is 3.02. The zero-order chi connectivity index (χ0) is 13.3. The molecule has 1 aromatic heterocycles. The van der Waals surface area contributed by atoms with Crippen molar-refractivity contribution in [3.8, 4) is 0 Å². The van der Waals surface area contributed by atoms with Crippen molar-refractivity contribution in [1.29, 1.82) is 0 Å². The van der Waals surface area contributed by atoms with Crippen molar-refractivity contribution in [3.05, 3.63) is 21.9 Å². The Hall–Kier alpha value is -0.620. The maximum Gasteiger partial charge on any atom is 0.261 e. The van der Waals surface area contributed by atoms with Crippen molar-refractivity contribution in [3.63, 3.8) is 0 Å². The predicted octanol–water partition coefficient (Wildman–Crippen LogP) is 2.12. The van der Waals surface area contributed by atoms with Crippen LogP contribution in [0, 0.1) is 6.92 Å². The Morgan fingerprint density at radius 3 is 2.90 bits per heavy atom. The molecule has 2 N–H and O–H groups in total. The number of halogens is 1. The molecule has 0 saturated carbocycles. The highest BCUT2D eigenvalue weighted by atomic mass is 35.5. The van der Waals surface area contributed by atoms with Gasteiger partial charge in [-0.3, -0.25) is 4.79 Å². The third-order valence-corrected chi connectivity index (χ3v) is 5.14. The lowest BCUT2D eigenvalue weighted by Crippen LogP contribution is -2.43. The summed E-state index contributed by atoms with van der Waals surface area (Å²) in [7, 11) is 0. The van der Waals surface area contributed by atoms with Gasteiger partial charge >= 0.3 is 0 Å². The minimum atomic E-state index is 0. The molecule has 1 amide bonds. The van der Waals surface area contributed by atoms with Crippen LogP contribution in [0.3, 0.4) is 0 Å². The highest BCUT2D eigenvalue weighted by Crippen LogP contribution is 2.34. The molecule has 0 aliphatic carbocycles. The van der Waals surface area contributed by atoms with Gasteiger partial charge in [0.05, 0.1) is 23.1 Å². The van der Waals surface area contributed by atoms with Crippen LogP contribution in [0.15, 0.2) is 11.4 Å². The van der Waals surface area contributed by atoms with E-state index in [1.54, 1.807) is 0 Å². The SMILES string of the molecule is Cc1ccsc1C(=O)NC1COC2(CCNCC2)C1.Cl. The minimum Gasteiger partial charge on any atom is -0.373 e. The van der Waals surface area contributed by atoms with Crippen LogP contribution >= 0.6 is 23.7 Å². The van der Waals surface area contributed by atoms with Gasteiger partial charge in [0.1, 0.15) is 0 Å². The topological polar surface area (TPSA) is 50.4 Å². The molecule has 112 valence electrons. The number of rotatable bonds is 2. The van der Waals surface area contributed by atoms with Crippen LogP contribution in [0.1, 0.15) is 34.5 Å². The molecule has 3 heterocycles. The lowest BCUT2D eigenvalue weighted by Gasteiger charge is -2.32. The van der Waals surface area contributed by atoms with E-state index < -0.39 is 0 Å². The molecule has 2 aliphatic rings. The molecule has 1 aromatic rings. The van der Waals surface area contributed by atoms with Gasteiger partial charge < -0.3 is 15.4 Å². The molecule has 0 aromatic carbocycles. The van der Waals surface area contributed by atoms with Crippen molar-refractivity contribution in [1.82, 2.24) is 10.6 Å². The Labute approximate surface area is 129 Å². The predicted molar refractivity (Wildman–Crippen MR) is 83.0 cm³/mol. The molecule has 2 aliphatic heterocycles. The third-order valence-electron chi connectivity index (χ3n) is 4.13. The number of hydrogen-bond donors (Lipinski definition) is 2. The first-order valence-electron chi connectivity index (χ1n) is 6.88. The number of ether oxygens (including phenoxy) is 1. The van der Waals surface area contributed by atoms with Gasteiger partial charge in [0.15, 0.2) is 0 Å². The van der Waals surface area contributed by atoms with E-state index in [4.69, 9.17) is 4.74 Å². The second kappa shape index (κ2) is 6.43. The second-order valence-corrected chi connectivity index (χ2v) is 6.47. The highest BCUT2D eigenvalue weighted by Gasteiger charge is 2.41. The normalized spacial score (nSPS) is 24.4. The van der Waals surface area contributed by atoms with E-state index >= 15 is 0 Å². The van der Waals surface area contributed by atoms with E-state index in [-0.39, 0.29) is 30.0 Å². The Morgan fingerprint density at radius 1 is 1.50 bits per heavy atom. The number of aryl methyl sites for hydroxylation is 1. The molecule has 1 unspecified atom stereocenters. The van der Waals surface area contributed by atoms with Gasteiger partial charge in [0.2, 0.25) is 0 Å². The number of amides is 1. The number of nitrogens with one attached hydrogen (secondary N) is 2. The van der Waals surface area contributed by atoms with Gasteiger partial charge in [-0.05, 0) is 56.3 Å². The van der Waals surface area contributed by atoms with Gasteiger partial charge in [0, 0.05) is 0 Å². The van der Waals surface area contributed by atoms with E-state index in [2.05, 4.69) is 10.6 Å². The zero-order valence-corrected chi connectivity index (χ0v) is 13.2. The molecule has 4 nitrogen and oxygen atoms in total. The van der Waals surface area contributed by atoms with Crippen molar-refractivity contribution in [2.45, 2.75) is 37.8 Å². The molecule has 1 spiro atoms. The summed E-state index contributed by atoms with van der Waals surface area (Å²) in [6, 6.07) is 2.14. The quantitative estimate of drug-likeness (QED) is 0.878. The first kappa shape index (κ1) is 15.8. The average molecular weight is 317 g/mol. The molecule has 6 heteroatoms. The van der Waals surface area contributed by atoms with E-state index in [0.717, 1.165) is 42.8 Å². The number of thiophene rings is 1. The number of carbonyl (C=O) groups excluding carboxylic acids is 1. The van der Waals surface area contributed by atoms with E-state index in [9.17, 15) is 4.79 Å². The van der Waals surface area contributed by atoms with Crippen LogP contribution in [-0.2, 0) is 4.74 Å². The molecule has 3 rings (SSSR count). The van der Waals surface area contributed by atoms with E-state index in [1.807, 2.05) is 18.4 Å². The maximum absolute atomic E-state index is 12.2. The average Bonchev–Trinajstić information content (AvgIpc) is 2.98. The first-order valence-corrected chi connectivity index (χ1v) is 7.76. The van der Waals surface area contributed by atoms with Crippen molar-refractivity contribution in [2.75, 3.05) is 19.7 Å². The Bertz CT molecular complexity index is 471. The van der Waals surface area contributed by atoms with Gasteiger partial charge in [-0.15, -0.1) is 23.7 Å². The first-order chi connectivity index (χ1) is 9.19. The number of carbonyl (C=O) groups is 1. The van der Waals surface area contributed by atoms with Gasteiger partial charge in [0.25, 0.3) is 5.91 Å². The Morgan fingerprint density at radius 2 is 2.25 bits per heavy atom. The van der Waals surface area contributed by atoms with E-state index in [1.165, 1.54) is 11.3 Å². The van der Waals surface area contributed by atoms with Crippen molar-refractivity contribution >= 4 is 29.7 Å². The summed E-state index contributed by atoms with van der Waals surface area (Å²) in [4.78, 5) is 13.0. The summed E-state index contributed by atoms with van der Waals surface area (Å²) in [5.74, 6) is 0.0482. The molecule has 0 bridgehead atoms. The van der Waals surface area contributed by atoms with Crippen LogP contribution in [0.25, 0.3) is 0 Å². The standard InChI is InChI=1S/C14H20N2O2S.ClH/c1-10-2-7-19-12(10)13(17)16-11-8-14(18-9-11)3-5-15-6-4-14;/h2,7,11,15H,3-6,8-9H2,1H3,(H,16,17);1H. The Kier molecular flexibility index (Phi) is 5.07. The van der Waals surface area contributed by atoms with Gasteiger partial charge in [-0.2, -0.15) is 0 Å². The molecule has 2 saturated heterocycles. The number of piperidine rings is 1. The fourth-order valence-corrected chi connectivity index (χ4v) is 3.85. The van der Waals surface area contributed by atoms with E-state index in [0.29, 0.717) is 6.61 Å². The van der Waals surface area contributed by atoms with Gasteiger partial charge in [-0.25, -0.2) is 0 Å². The Balaban J connectivity index is 0.00000147. The molecule has 0 radical (unpaired) electrons. The van der Waals surface area contributed by atoms with Crippen LogP contribution in [0.2, 0.25) is 0 Å². The van der Waals surface area contributed by atoms with Crippen LogP contribution in [0.5, 0.6) is 0 Å². The van der Waals surface area contributed by atoms with Crippen molar-refractivity contribution < 1.29 is 9.53 Å². The maximum atomic E-state index is 12.2. The molecular formula is C14H21ClN2O2S. The van der Waals surface area contributed by atoms with Crippen LogP contribution in [-0.4, -0.2) is 37.2 Å². The molecular weight excluding hydrogens is 296 g/mol. The van der Waals surface area contributed by atoms with Gasteiger partial charge in [-0.1, -0.05) is 0 Å². The summed E-state index contributed by atoms with van der Waals surface area (Å²) in [6.45, 7) is 4.66. The third kappa shape index (κ3) is 3.17. The highest BCUT2D eigenvalue weighted by molar-refractivity contribution is 7.12. The lowest BCUT2D eigenvalue weighted by molar-refractivity contribution is -0.0194. The summed E-state index contributed by atoms with van der Waals surface area (Å²) in [5, 5.41) is 8.44. The van der Waals surface area contributed by atoms with Crippen LogP contribution in [0.4, 0.5) is 0 Å². The minimum absolute atomic E-state index is 0. The largest absolute Gasteiger partial charge is 0.373 e. The lowest BCUT2D eigenvalue weighted by atomic mass is 9.88. The fraction of sp³-hybridized carbons (Fsp3) is 0.643. The summed E-state index contributed by atoms with van der Waals surface area (Å²) in [5.41, 5.74) is 1.06. The summed E-state index contributed by atoms with van der Waals surface area (Å²) in [6.07, 6.45) is 3.06. The zero-order valence-electron chi connectivity index (χ0n) is 11.6. The monoisotopic (exact) mass is 316 g/mol. The smallest absolute Gasteiger partial charge is 0.261 e. The molecule has 20 heavy (non-hydrogen) atoms. The van der Waals surface area contributed by atoms with Crippen molar-refractivity contribution in [2.24, 2.45) is 0 Å². The summed E-state index contributed by atoms with van der Waals surface area (Å²) < 4.78 is 5.99. The number of hydrogen-bond acceptors (Lipinski definition) is 4. The van der Waals surface area contributed by atoms with Crippen LogP contribution < -0.4 is 10.6 Å².